The van der Waals surface area contributed by atoms with Gasteiger partial charge >= 0.3 is 0 Å². The number of aromatic nitrogens is 1. The van der Waals surface area contributed by atoms with Gasteiger partial charge in [0.25, 0.3) is 5.91 Å². The van der Waals surface area contributed by atoms with Crippen LogP contribution in [0.2, 0.25) is 0 Å². The summed E-state index contributed by atoms with van der Waals surface area (Å²) < 4.78 is 18.5. The van der Waals surface area contributed by atoms with E-state index in [1.165, 1.54) is 29.5 Å². The average Bonchev–Trinajstić information content (AvgIpc) is 3.16. The maximum atomic E-state index is 12.9. The van der Waals surface area contributed by atoms with Crippen LogP contribution >= 0.6 is 11.3 Å². The maximum Gasteiger partial charge on any atom is 0.265 e. The smallest absolute Gasteiger partial charge is 0.265 e. The number of rotatable bonds is 4. The molecule has 2 heterocycles. The first kappa shape index (κ1) is 18.8. The minimum atomic E-state index is -0.530. The molecule has 4 rings (SSSR count). The topological polar surface area (TPSA) is 80.3 Å². The van der Waals surface area contributed by atoms with Gasteiger partial charge in [-0.05, 0) is 48.9 Å². The van der Waals surface area contributed by atoms with Crippen molar-refractivity contribution in [2.45, 2.75) is 13.0 Å². The van der Waals surface area contributed by atoms with Crippen LogP contribution in [0.3, 0.4) is 0 Å². The van der Waals surface area contributed by atoms with Gasteiger partial charge in [-0.3, -0.25) is 14.9 Å². The van der Waals surface area contributed by atoms with Crippen LogP contribution in [0.25, 0.3) is 17.3 Å². The van der Waals surface area contributed by atoms with Gasteiger partial charge in [0, 0.05) is 17.0 Å². The average molecular weight is 409 g/mol. The zero-order valence-electron chi connectivity index (χ0n) is 15.3. The van der Waals surface area contributed by atoms with Gasteiger partial charge in [0.1, 0.15) is 11.6 Å². The second-order valence-corrected chi connectivity index (χ2v) is 7.23. The van der Waals surface area contributed by atoms with Crippen LogP contribution in [0.5, 0.6) is 5.75 Å². The molecule has 0 saturated carbocycles. The first-order valence-corrected chi connectivity index (χ1v) is 9.68. The van der Waals surface area contributed by atoms with E-state index in [0.717, 1.165) is 5.56 Å². The summed E-state index contributed by atoms with van der Waals surface area (Å²) in [5.74, 6) is -0.260. The summed E-state index contributed by atoms with van der Waals surface area (Å²) in [4.78, 5) is 28.3. The van der Waals surface area contributed by atoms with Crippen LogP contribution in [0.1, 0.15) is 12.5 Å². The van der Waals surface area contributed by atoms with E-state index in [2.05, 4.69) is 15.6 Å². The molecule has 29 heavy (non-hydrogen) atoms. The van der Waals surface area contributed by atoms with Crippen molar-refractivity contribution in [3.63, 3.8) is 0 Å². The number of nitrogens with one attached hydrogen (secondary N) is 2. The number of hydrogen-bond acceptors (Lipinski definition) is 5. The Morgan fingerprint density at radius 3 is 2.86 bits per heavy atom. The first-order chi connectivity index (χ1) is 14.0. The van der Waals surface area contributed by atoms with Crippen molar-refractivity contribution >= 4 is 40.0 Å². The number of halogens is 1. The van der Waals surface area contributed by atoms with Crippen LogP contribution in [0.4, 0.5) is 15.2 Å². The van der Waals surface area contributed by atoms with E-state index in [1.54, 1.807) is 37.3 Å². The lowest BCUT2D eigenvalue weighted by Crippen LogP contribution is -2.34. The molecular weight excluding hydrogens is 393 g/mol. The predicted molar refractivity (Wildman–Crippen MR) is 110 cm³/mol. The maximum absolute atomic E-state index is 12.9. The van der Waals surface area contributed by atoms with Crippen molar-refractivity contribution < 1.29 is 18.7 Å². The number of anilines is 2. The zero-order valence-corrected chi connectivity index (χ0v) is 16.1. The van der Waals surface area contributed by atoms with E-state index in [9.17, 15) is 14.0 Å². The third-order valence-electron chi connectivity index (χ3n) is 4.24. The number of fused-ring (bicyclic) bond motifs is 1. The highest BCUT2D eigenvalue weighted by atomic mass is 32.1. The van der Waals surface area contributed by atoms with Crippen LogP contribution in [0, 0.1) is 5.82 Å². The fourth-order valence-corrected chi connectivity index (χ4v) is 3.45. The highest BCUT2D eigenvalue weighted by Crippen LogP contribution is 2.34. The molecule has 2 N–H and O–H groups in total. The van der Waals surface area contributed by atoms with Crippen LogP contribution in [-0.4, -0.2) is 22.9 Å². The number of ether oxygens (including phenoxy) is 1. The van der Waals surface area contributed by atoms with E-state index in [4.69, 9.17) is 4.74 Å². The highest BCUT2D eigenvalue weighted by molar-refractivity contribution is 7.14. The van der Waals surface area contributed by atoms with E-state index in [0.29, 0.717) is 27.8 Å². The summed E-state index contributed by atoms with van der Waals surface area (Å²) >= 11 is 1.29. The van der Waals surface area contributed by atoms with Crippen molar-refractivity contribution in [1.29, 1.82) is 0 Å². The van der Waals surface area contributed by atoms with Crippen LogP contribution < -0.4 is 15.4 Å². The normalized spacial score (nSPS) is 15.5. The number of carbonyl (C=O) groups is 2. The molecule has 0 spiro atoms. The summed E-state index contributed by atoms with van der Waals surface area (Å²) in [5, 5.41) is 7.77. The highest BCUT2D eigenvalue weighted by Gasteiger charge is 2.23. The molecule has 1 aliphatic heterocycles. The van der Waals surface area contributed by atoms with Gasteiger partial charge in [-0.15, -0.1) is 11.3 Å². The monoisotopic (exact) mass is 409 g/mol. The van der Waals surface area contributed by atoms with Gasteiger partial charge in [-0.25, -0.2) is 9.37 Å². The summed E-state index contributed by atoms with van der Waals surface area (Å²) in [6.07, 6.45) is 2.43. The minimum absolute atomic E-state index is 0.200. The molecule has 0 saturated heterocycles. The molecule has 2 aromatic carbocycles. The summed E-state index contributed by atoms with van der Waals surface area (Å²) in [6.45, 7) is 1.69. The lowest BCUT2D eigenvalue weighted by atomic mass is 10.1. The largest absolute Gasteiger partial charge is 0.479 e. The fourth-order valence-electron chi connectivity index (χ4n) is 2.72. The molecule has 0 radical (unpaired) electrons. The van der Waals surface area contributed by atoms with Gasteiger partial charge in [0.15, 0.2) is 11.2 Å². The number of amides is 2. The van der Waals surface area contributed by atoms with Gasteiger partial charge in [-0.1, -0.05) is 12.1 Å². The Balaban J connectivity index is 1.44. The molecule has 6 nitrogen and oxygen atoms in total. The zero-order chi connectivity index (χ0) is 20.4. The van der Waals surface area contributed by atoms with Crippen molar-refractivity contribution in [3.05, 3.63) is 65.3 Å². The van der Waals surface area contributed by atoms with E-state index in [-0.39, 0.29) is 17.6 Å². The van der Waals surface area contributed by atoms with Gasteiger partial charge in [0.2, 0.25) is 5.91 Å². The number of thiazole rings is 1. The Morgan fingerprint density at radius 2 is 2.07 bits per heavy atom. The van der Waals surface area contributed by atoms with Gasteiger partial charge < -0.3 is 10.1 Å². The fraction of sp³-hybridized carbons (Fsp3) is 0.0952. The number of carbonyl (C=O) groups excluding carboxylic acids is 2. The predicted octanol–water partition coefficient (Wildman–Crippen LogP) is 4.32. The minimum Gasteiger partial charge on any atom is -0.479 e. The number of benzene rings is 2. The molecule has 8 heteroatoms. The Kier molecular flexibility index (Phi) is 5.09. The van der Waals surface area contributed by atoms with Crippen molar-refractivity contribution in [3.8, 4) is 17.0 Å². The van der Waals surface area contributed by atoms with Gasteiger partial charge in [-0.2, -0.15) is 0 Å². The van der Waals surface area contributed by atoms with Crippen LogP contribution in [0.15, 0.2) is 53.9 Å². The first-order valence-electron chi connectivity index (χ1n) is 8.80. The van der Waals surface area contributed by atoms with Crippen LogP contribution in [-0.2, 0) is 9.59 Å². The Labute approximate surface area is 170 Å². The van der Waals surface area contributed by atoms with Crippen molar-refractivity contribution in [2.24, 2.45) is 0 Å². The second-order valence-electron chi connectivity index (χ2n) is 6.37. The number of nitrogens with zero attached hydrogens (tertiary/aromatic N) is 1. The van der Waals surface area contributed by atoms with Gasteiger partial charge in [0.05, 0.1) is 11.4 Å². The van der Waals surface area contributed by atoms with Crippen molar-refractivity contribution in [1.82, 2.24) is 4.98 Å². The van der Waals surface area contributed by atoms with E-state index < -0.39 is 6.10 Å². The molecule has 1 aromatic heterocycles. The SMILES string of the molecule is C[C@@H]1Oc2ccc(-c3csc(NC(=O)/C=C/c4ccc(F)cc4)n3)cc2NC1=O. The molecule has 1 aliphatic rings. The lowest BCUT2D eigenvalue weighted by molar-refractivity contribution is -0.122. The quantitative estimate of drug-likeness (QED) is 0.629. The summed E-state index contributed by atoms with van der Waals surface area (Å²) in [7, 11) is 0. The molecule has 3 aromatic rings. The molecular formula is C21H16FN3O3S. The third kappa shape index (κ3) is 4.33. The molecule has 146 valence electrons. The summed E-state index contributed by atoms with van der Waals surface area (Å²) in [6, 6.07) is 11.2. The molecule has 0 bridgehead atoms. The molecule has 0 aliphatic carbocycles. The Hall–Kier alpha value is -3.52. The Morgan fingerprint density at radius 1 is 1.28 bits per heavy atom. The second kappa shape index (κ2) is 7.84. The molecule has 2 amide bonds. The lowest BCUT2D eigenvalue weighted by Gasteiger charge is -2.23. The standard InChI is InChI=1S/C21H16FN3O3S/c1-12-20(27)23-16-10-14(5-8-18(16)28-12)17-11-29-21(24-17)25-19(26)9-4-13-2-6-15(22)7-3-13/h2-12H,1H3,(H,23,27)(H,24,25,26)/b9-4+/t12-/m0/s1. The Bertz CT molecular complexity index is 1110. The molecule has 0 fully saturated rings. The third-order valence-corrected chi connectivity index (χ3v) is 5.00. The van der Waals surface area contributed by atoms with E-state index >= 15 is 0 Å². The van der Waals surface area contributed by atoms with Crippen molar-refractivity contribution in [2.75, 3.05) is 10.6 Å². The molecule has 0 unspecified atom stereocenters. The summed E-state index contributed by atoms with van der Waals surface area (Å²) in [5.41, 5.74) is 2.77. The molecule has 1 atom stereocenters. The number of hydrogen-bond donors (Lipinski definition) is 2. The van der Waals surface area contributed by atoms with E-state index in [1.807, 2.05) is 11.4 Å².